The summed E-state index contributed by atoms with van der Waals surface area (Å²) in [4.78, 5) is 12.6. The zero-order valence-electron chi connectivity index (χ0n) is 16.9. The molecule has 2 N–H and O–H groups in total. The molecule has 2 aromatic carbocycles. The molecule has 1 aliphatic heterocycles. The van der Waals surface area contributed by atoms with Gasteiger partial charge in [0.15, 0.2) is 11.5 Å². The van der Waals surface area contributed by atoms with Crippen LogP contribution in [0.2, 0.25) is 10.0 Å². The Hall–Kier alpha value is -1.66. The minimum Gasteiger partial charge on any atom is -0.493 e. The van der Waals surface area contributed by atoms with Gasteiger partial charge in [0.1, 0.15) is 0 Å². The highest BCUT2D eigenvalue weighted by Gasteiger charge is 2.16. The van der Waals surface area contributed by atoms with Crippen molar-refractivity contribution in [3.05, 3.63) is 57.6 Å². The fourth-order valence-electron chi connectivity index (χ4n) is 3.35. The van der Waals surface area contributed by atoms with Crippen LogP contribution in [0.4, 0.5) is 0 Å². The van der Waals surface area contributed by atoms with Gasteiger partial charge in [0.05, 0.1) is 13.7 Å². The molecule has 0 spiro atoms. The highest BCUT2D eigenvalue weighted by molar-refractivity contribution is 6.35. The number of rotatable bonds is 8. The van der Waals surface area contributed by atoms with Crippen LogP contribution in [0.15, 0.2) is 36.4 Å². The van der Waals surface area contributed by atoms with Crippen LogP contribution in [-0.2, 0) is 6.42 Å². The predicted molar refractivity (Wildman–Crippen MR) is 124 cm³/mol. The van der Waals surface area contributed by atoms with Crippen molar-refractivity contribution >= 4 is 41.5 Å². The molecule has 1 heterocycles. The summed E-state index contributed by atoms with van der Waals surface area (Å²) >= 11 is 12.1. The second kappa shape index (κ2) is 12.3. The first kappa shape index (κ1) is 24.6. The Morgan fingerprint density at radius 2 is 1.90 bits per heavy atom. The van der Waals surface area contributed by atoms with Crippen molar-refractivity contribution in [2.75, 3.05) is 33.4 Å². The molecule has 0 aliphatic carbocycles. The van der Waals surface area contributed by atoms with Gasteiger partial charge in [0.25, 0.3) is 5.91 Å². The van der Waals surface area contributed by atoms with Crippen molar-refractivity contribution in [1.82, 2.24) is 10.6 Å². The molecule has 8 heteroatoms. The Morgan fingerprint density at radius 1 is 1.13 bits per heavy atom. The Bertz CT molecular complexity index is 842. The topological polar surface area (TPSA) is 59.6 Å². The lowest BCUT2D eigenvalue weighted by Crippen LogP contribution is -2.35. The Balaban J connectivity index is 0.00000320. The SMILES string of the molecule is COc1ccc(C(=O)NCC2CCNCC2)cc1OCCc1ccc(Cl)cc1Cl.Cl. The van der Waals surface area contributed by atoms with E-state index in [0.29, 0.717) is 52.6 Å². The molecule has 164 valence electrons. The number of hydrogen-bond acceptors (Lipinski definition) is 4. The molecule has 1 amide bonds. The van der Waals surface area contributed by atoms with E-state index in [0.717, 1.165) is 31.5 Å². The molecular formula is C22H27Cl3N2O3. The maximum absolute atomic E-state index is 12.6. The van der Waals surface area contributed by atoms with Crippen molar-refractivity contribution in [1.29, 1.82) is 0 Å². The van der Waals surface area contributed by atoms with Gasteiger partial charge in [0, 0.05) is 28.6 Å². The van der Waals surface area contributed by atoms with Crippen molar-refractivity contribution in [2.45, 2.75) is 19.3 Å². The molecule has 1 saturated heterocycles. The largest absolute Gasteiger partial charge is 0.493 e. The van der Waals surface area contributed by atoms with E-state index >= 15 is 0 Å². The molecule has 0 radical (unpaired) electrons. The first-order valence-electron chi connectivity index (χ1n) is 9.80. The van der Waals surface area contributed by atoms with E-state index < -0.39 is 0 Å². The molecule has 30 heavy (non-hydrogen) atoms. The van der Waals surface area contributed by atoms with E-state index in [-0.39, 0.29) is 18.3 Å². The minimum absolute atomic E-state index is 0. The standard InChI is InChI=1S/C22H26Cl2N2O3.ClH/c1-28-20-5-3-17(22(27)26-14-15-6-9-25-10-7-15)12-21(20)29-11-8-16-2-4-18(23)13-19(16)24;/h2-5,12-13,15,25H,6-11,14H2,1H3,(H,26,27);1H. The third kappa shape index (κ3) is 6.95. The zero-order valence-corrected chi connectivity index (χ0v) is 19.2. The molecule has 0 unspecified atom stereocenters. The van der Waals surface area contributed by atoms with Crippen molar-refractivity contribution in [3.8, 4) is 11.5 Å². The predicted octanol–water partition coefficient (Wildman–Crippen LogP) is 4.77. The molecular weight excluding hydrogens is 447 g/mol. The number of amides is 1. The Morgan fingerprint density at radius 3 is 2.60 bits per heavy atom. The lowest BCUT2D eigenvalue weighted by atomic mass is 9.98. The van der Waals surface area contributed by atoms with Crippen LogP contribution in [-0.4, -0.2) is 39.3 Å². The van der Waals surface area contributed by atoms with Gasteiger partial charge in [0.2, 0.25) is 0 Å². The van der Waals surface area contributed by atoms with E-state index in [9.17, 15) is 4.79 Å². The van der Waals surface area contributed by atoms with Crippen molar-refractivity contribution < 1.29 is 14.3 Å². The number of ether oxygens (including phenoxy) is 2. The monoisotopic (exact) mass is 472 g/mol. The minimum atomic E-state index is -0.100. The maximum atomic E-state index is 12.6. The van der Waals surface area contributed by atoms with Crippen LogP contribution in [0.25, 0.3) is 0 Å². The Labute approximate surface area is 193 Å². The second-order valence-corrected chi connectivity index (χ2v) is 7.95. The van der Waals surface area contributed by atoms with E-state index in [4.69, 9.17) is 32.7 Å². The molecule has 1 aliphatic rings. The van der Waals surface area contributed by atoms with Crippen LogP contribution in [0.3, 0.4) is 0 Å². The van der Waals surface area contributed by atoms with Gasteiger partial charge in [-0.2, -0.15) is 0 Å². The van der Waals surface area contributed by atoms with Gasteiger partial charge >= 0.3 is 0 Å². The van der Waals surface area contributed by atoms with Crippen LogP contribution in [0, 0.1) is 5.92 Å². The highest BCUT2D eigenvalue weighted by atomic mass is 35.5. The van der Waals surface area contributed by atoms with Gasteiger partial charge in [-0.3, -0.25) is 4.79 Å². The summed E-state index contributed by atoms with van der Waals surface area (Å²) in [6, 6.07) is 10.6. The summed E-state index contributed by atoms with van der Waals surface area (Å²) in [6.45, 7) is 3.12. The van der Waals surface area contributed by atoms with Crippen molar-refractivity contribution in [3.63, 3.8) is 0 Å². The van der Waals surface area contributed by atoms with Crippen LogP contribution < -0.4 is 20.1 Å². The highest BCUT2D eigenvalue weighted by Crippen LogP contribution is 2.29. The number of piperidine rings is 1. The number of carbonyl (C=O) groups is 1. The fourth-order valence-corrected chi connectivity index (χ4v) is 3.85. The van der Waals surface area contributed by atoms with Gasteiger partial charge in [-0.05, 0) is 67.7 Å². The average molecular weight is 474 g/mol. The molecule has 0 atom stereocenters. The summed E-state index contributed by atoms with van der Waals surface area (Å²) < 4.78 is 11.3. The second-order valence-electron chi connectivity index (χ2n) is 7.10. The quantitative estimate of drug-likeness (QED) is 0.579. The summed E-state index contributed by atoms with van der Waals surface area (Å²) in [5, 5.41) is 7.58. The van der Waals surface area contributed by atoms with Crippen molar-refractivity contribution in [2.24, 2.45) is 5.92 Å². The van der Waals surface area contributed by atoms with E-state index in [1.165, 1.54) is 0 Å². The van der Waals surface area contributed by atoms with E-state index in [2.05, 4.69) is 10.6 Å². The summed E-state index contributed by atoms with van der Waals surface area (Å²) in [5.41, 5.74) is 1.50. The third-order valence-corrected chi connectivity index (χ3v) is 5.67. The number of methoxy groups -OCH3 is 1. The van der Waals surface area contributed by atoms with Gasteiger partial charge < -0.3 is 20.1 Å². The molecule has 2 aromatic rings. The lowest BCUT2D eigenvalue weighted by molar-refractivity contribution is 0.0943. The fraction of sp³-hybridized carbons (Fsp3) is 0.409. The summed E-state index contributed by atoms with van der Waals surface area (Å²) in [7, 11) is 1.58. The molecule has 0 bridgehead atoms. The Kier molecular flexibility index (Phi) is 10.1. The third-order valence-electron chi connectivity index (χ3n) is 5.08. The zero-order chi connectivity index (χ0) is 20.6. The number of halogens is 3. The lowest BCUT2D eigenvalue weighted by Gasteiger charge is -2.22. The number of hydrogen-bond donors (Lipinski definition) is 2. The first-order chi connectivity index (χ1) is 14.1. The first-order valence-corrected chi connectivity index (χ1v) is 10.6. The van der Waals surface area contributed by atoms with Gasteiger partial charge in [-0.25, -0.2) is 0 Å². The molecule has 0 aromatic heterocycles. The van der Waals surface area contributed by atoms with Crippen LogP contribution in [0.1, 0.15) is 28.8 Å². The molecule has 0 saturated carbocycles. The van der Waals surface area contributed by atoms with Gasteiger partial charge in [-0.15, -0.1) is 12.4 Å². The smallest absolute Gasteiger partial charge is 0.251 e. The summed E-state index contributed by atoms with van der Waals surface area (Å²) in [6.07, 6.45) is 2.79. The van der Waals surface area contributed by atoms with Crippen LogP contribution >= 0.6 is 35.6 Å². The van der Waals surface area contributed by atoms with Gasteiger partial charge in [-0.1, -0.05) is 29.3 Å². The number of carbonyl (C=O) groups excluding carboxylic acids is 1. The maximum Gasteiger partial charge on any atom is 0.251 e. The normalized spacial score (nSPS) is 14.0. The number of nitrogens with one attached hydrogen (secondary N) is 2. The number of benzene rings is 2. The summed E-state index contributed by atoms with van der Waals surface area (Å²) in [5.74, 6) is 1.55. The molecule has 5 nitrogen and oxygen atoms in total. The average Bonchev–Trinajstić information content (AvgIpc) is 2.74. The molecule has 1 fully saturated rings. The van der Waals surface area contributed by atoms with E-state index in [1.54, 1.807) is 37.4 Å². The van der Waals surface area contributed by atoms with E-state index in [1.807, 2.05) is 6.07 Å². The molecule has 3 rings (SSSR count). The van der Waals surface area contributed by atoms with Crippen LogP contribution in [0.5, 0.6) is 11.5 Å².